The molecule has 0 fully saturated rings. The van der Waals surface area contributed by atoms with Crippen molar-refractivity contribution in [2.24, 2.45) is 0 Å². The zero-order valence-corrected chi connectivity index (χ0v) is 5.96. The SMILES string of the molecule is OCC(O)C(O)C(O)CO.[B]. The Bertz CT molecular complexity index is 80.9. The third-order valence-electron chi connectivity index (χ3n) is 1.16. The van der Waals surface area contributed by atoms with Crippen molar-refractivity contribution < 1.29 is 25.5 Å². The molecule has 0 bridgehead atoms. The highest BCUT2D eigenvalue weighted by Gasteiger charge is 2.22. The Morgan fingerprint density at radius 1 is 0.818 bits per heavy atom. The van der Waals surface area contributed by atoms with Crippen molar-refractivity contribution >= 4 is 8.41 Å². The third-order valence-corrected chi connectivity index (χ3v) is 1.16. The average Bonchev–Trinajstić information content (AvgIpc) is 2.00. The summed E-state index contributed by atoms with van der Waals surface area (Å²) in [6.45, 7) is -1.28. The molecule has 0 spiro atoms. The third kappa shape index (κ3) is 4.33. The predicted octanol–water partition coefficient (Wildman–Crippen LogP) is -3.33. The highest BCUT2D eigenvalue weighted by atomic mass is 16.4. The number of aliphatic hydroxyl groups is 5. The minimum Gasteiger partial charge on any atom is -0.394 e. The maximum Gasteiger partial charge on any atom is 0.110 e. The summed E-state index contributed by atoms with van der Waals surface area (Å²) in [5, 5.41) is 42.6. The summed E-state index contributed by atoms with van der Waals surface area (Å²) in [6, 6.07) is 0. The lowest BCUT2D eigenvalue weighted by molar-refractivity contribution is -0.0900. The van der Waals surface area contributed by atoms with Crippen LogP contribution in [0, 0.1) is 0 Å². The van der Waals surface area contributed by atoms with Gasteiger partial charge in [-0.3, -0.25) is 0 Å². The Morgan fingerprint density at radius 3 is 1.27 bits per heavy atom. The summed E-state index contributed by atoms with van der Waals surface area (Å²) < 4.78 is 0. The lowest BCUT2D eigenvalue weighted by Gasteiger charge is -2.19. The molecule has 0 saturated heterocycles. The normalized spacial score (nSPS) is 18.3. The van der Waals surface area contributed by atoms with Gasteiger partial charge in [-0.15, -0.1) is 0 Å². The predicted molar refractivity (Wildman–Crippen MR) is 37.9 cm³/mol. The number of hydrogen-bond acceptors (Lipinski definition) is 5. The monoisotopic (exact) mass is 163 g/mol. The first-order chi connectivity index (χ1) is 4.63. The van der Waals surface area contributed by atoms with Crippen LogP contribution >= 0.6 is 0 Å². The molecule has 0 aliphatic rings. The van der Waals surface area contributed by atoms with Gasteiger partial charge in [0.2, 0.25) is 0 Å². The molecule has 0 aromatic heterocycles. The van der Waals surface area contributed by atoms with E-state index in [-0.39, 0.29) is 8.41 Å². The molecule has 3 radical (unpaired) electrons. The second-order valence-electron chi connectivity index (χ2n) is 1.99. The van der Waals surface area contributed by atoms with Gasteiger partial charge in [0.25, 0.3) is 0 Å². The van der Waals surface area contributed by atoms with Gasteiger partial charge >= 0.3 is 0 Å². The number of aliphatic hydroxyl groups excluding tert-OH is 5. The lowest BCUT2D eigenvalue weighted by atomic mass is 10.1. The molecule has 5 nitrogen and oxygen atoms in total. The molecule has 65 valence electrons. The van der Waals surface area contributed by atoms with Crippen molar-refractivity contribution in [1.29, 1.82) is 0 Å². The van der Waals surface area contributed by atoms with Crippen LogP contribution in [0.5, 0.6) is 0 Å². The standard InChI is InChI=1S/C5H12O5.B/c6-1-3(8)5(10)4(9)2-7;/h3-10H,1-2H2;. The summed E-state index contributed by atoms with van der Waals surface area (Å²) in [5.41, 5.74) is 0. The van der Waals surface area contributed by atoms with Crippen LogP contribution in [-0.4, -0.2) is 65.5 Å². The average molecular weight is 163 g/mol. The zero-order chi connectivity index (χ0) is 8.15. The van der Waals surface area contributed by atoms with Gasteiger partial charge in [-0.05, 0) is 0 Å². The van der Waals surface area contributed by atoms with Crippen LogP contribution in [0.25, 0.3) is 0 Å². The van der Waals surface area contributed by atoms with Crippen molar-refractivity contribution in [1.82, 2.24) is 0 Å². The molecular weight excluding hydrogens is 151 g/mol. The Hall–Kier alpha value is -0.135. The Morgan fingerprint density at radius 2 is 1.09 bits per heavy atom. The Balaban J connectivity index is 0. The molecule has 0 rings (SSSR count). The fourth-order valence-electron chi connectivity index (χ4n) is 0.472. The van der Waals surface area contributed by atoms with E-state index in [9.17, 15) is 0 Å². The van der Waals surface area contributed by atoms with Gasteiger partial charge in [-0.25, -0.2) is 0 Å². The maximum atomic E-state index is 8.77. The largest absolute Gasteiger partial charge is 0.394 e. The minimum absolute atomic E-state index is 0. The van der Waals surface area contributed by atoms with Gasteiger partial charge in [0.15, 0.2) is 0 Å². The first kappa shape index (κ1) is 13.5. The van der Waals surface area contributed by atoms with Crippen molar-refractivity contribution in [3.05, 3.63) is 0 Å². The molecule has 6 heteroatoms. The number of hydrogen-bond donors (Lipinski definition) is 5. The van der Waals surface area contributed by atoms with Gasteiger partial charge in [-0.2, -0.15) is 0 Å². The summed E-state index contributed by atoms with van der Waals surface area (Å²) in [4.78, 5) is 0. The Labute approximate surface area is 66.5 Å². The summed E-state index contributed by atoms with van der Waals surface area (Å²) in [6.07, 6.45) is -4.29. The molecule has 0 aliphatic carbocycles. The highest BCUT2D eigenvalue weighted by Crippen LogP contribution is 1.97. The summed E-state index contributed by atoms with van der Waals surface area (Å²) >= 11 is 0. The van der Waals surface area contributed by atoms with Crippen molar-refractivity contribution in [3.8, 4) is 0 Å². The van der Waals surface area contributed by atoms with Crippen LogP contribution < -0.4 is 0 Å². The maximum absolute atomic E-state index is 8.77. The second-order valence-corrected chi connectivity index (χ2v) is 1.99. The van der Waals surface area contributed by atoms with E-state index in [1.54, 1.807) is 0 Å². The van der Waals surface area contributed by atoms with Crippen LogP contribution in [-0.2, 0) is 0 Å². The molecule has 0 amide bonds. The molecular formula is C5H12BO5. The van der Waals surface area contributed by atoms with Gasteiger partial charge in [-0.1, -0.05) is 0 Å². The molecule has 0 aromatic carbocycles. The van der Waals surface area contributed by atoms with Crippen molar-refractivity contribution in [2.75, 3.05) is 13.2 Å². The van der Waals surface area contributed by atoms with Crippen LogP contribution in [0.15, 0.2) is 0 Å². The van der Waals surface area contributed by atoms with E-state index in [2.05, 4.69) is 0 Å². The van der Waals surface area contributed by atoms with E-state index in [4.69, 9.17) is 25.5 Å². The van der Waals surface area contributed by atoms with Crippen LogP contribution in [0.4, 0.5) is 0 Å². The molecule has 0 saturated carbocycles. The summed E-state index contributed by atoms with van der Waals surface area (Å²) in [5.74, 6) is 0. The molecule has 0 aliphatic heterocycles. The highest BCUT2D eigenvalue weighted by molar-refractivity contribution is 5.75. The van der Waals surface area contributed by atoms with Crippen LogP contribution in [0.2, 0.25) is 0 Å². The molecule has 0 heterocycles. The fraction of sp³-hybridized carbons (Fsp3) is 1.00. The fourth-order valence-corrected chi connectivity index (χ4v) is 0.472. The quantitative estimate of drug-likeness (QED) is 0.279. The van der Waals surface area contributed by atoms with E-state index >= 15 is 0 Å². The van der Waals surface area contributed by atoms with Gasteiger partial charge < -0.3 is 25.5 Å². The van der Waals surface area contributed by atoms with E-state index in [1.165, 1.54) is 0 Å². The van der Waals surface area contributed by atoms with E-state index < -0.39 is 31.5 Å². The molecule has 5 N–H and O–H groups in total. The van der Waals surface area contributed by atoms with Crippen molar-refractivity contribution in [2.45, 2.75) is 18.3 Å². The van der Waals surface area contributed by atoms with E-state index in [0.717, 1.165) is 0 Å². The van der Waals surface area contributed by atoms with Gasteiger partial charge in [0, 0.05) is 8.41 Å². The summed E-state index contributed by atoms with van der Waals surface area (Å²) in [7, 11) is 0. The van der Waals surface area contributed by atoms with Crippen LogP contribution in [0.3, 0.4) is 0 Å². The molecule has 11 heavy (non-hydrogen) atoms. The molecule has 0 aromatic rings. The first-order valence-corrected chi connectivity index (χ1v) is 2.89. The minimum atomic E-state index is -1.49. The van der Waals surface area contributed by atoms with Gasteiger partial charge in [0.05, 0.1) is 13.2 Å². The zero-order valence-electron chi connectivity index (χ0n) is 5.96. The van der Waals surface area contributed by atoms with Gasteiger partial charge in [0.1, 0.15) is 18.3 Å². The number of rotatable bonds is 4. The molecule has 2 atom stereocenters. The topological polar surface area (TPSA) is 101 Å². The second kappa shape index (κ2) is 6.57. The van der Waals surface area contributed by atoms with Crippen molar-refractivity contribution in [3.63, 3.8) is 0 Å². The molecule has 2 unspecified atom stereocenters. The first-order valence-electron chi connectivity index (χ1n) is 2.89. The van der Waals surface area contributed by atoms with E-state index in [0.29, 0.717) is 0 Å². The Kier molecular flexibility index (Phi) is 8.03. The smallest absolute Gasteiger partial charge is 0.110 e. The van der Waals surface area contributed by atoms with E-state index in [1.807, 2.05) is 0 Å². The van der Waals surface area contributed by atoms with Crippen LogP contribution in [0.1, 0.15) is 0 Å². The lowest BCUT2D eigenvalue weighted by Crippen LogP contribution is -2.41.